The van der Waals surface area contributed by atoms with Crippen molar-refractivity contribution in [1.82, 2.24) is 14.8 Å². The van der Waals surface area contributed by atoms with Gasteiger partial charge in [0.15, 0.2) is 5.69 Å². The van der Waals surface area contributed by atoms with Gasteiger partial charge in [0.25, 0.3) is 11.4 Å². The fourth-order valence-electron chi connectivity index (χ4n) is 2.26. The van der Waals surface area contributed by atoms with Crippen LogP contribution >= 0.6 is 15.9 Å². The third-order valence-electron chi connectivity index (χ3n) is 3.38. The molecule has 1 aliphatic rings. The largest absolute Gasteiger partial charge is 0.386 e. The van der Waals surface area contributed by atoms with Gasteiger partial charge in [0, 0.05) is 55.2 Å². The first-order chi connectivity index (χ1) is 9.99. The van der Waals surface area contributed by atoms with Gasteiger partial charge >= 0.3 is 0 Å². The lowest BCUT2D eigenvalue weighted by Crippen LogP contribution is -2.71. The highest BCUT2D eigenvalue weighted by Crippen LogP contribution is 2.07. The molecule has 1 aliphatic heterocycles. The minimum absolute atomic E-state index is 0.119. The van der Waals surface area contributed by atoms with Crippen molar-refractivity contribution >= 4 is 27.5 Å². The molecule has 2 heterocycles. The van der Waals surface area contributed by atoms with Crippen molar-refractivity contribution in [2.75, 3.05) is 26.2 Å². The number of aromatic nitrogens is 1. The third-order valence-corrected chi connectivity index (χ3v) is 3.81. The molecule has 2 rings (SSSR count). The molecule has 1 saturated heterocycles. The molecule has 0 amide bonds. The second-order valence-corrected chi connectivity index (χ2v) is 5.95. The summed E-state index contributed by atoms with van der Waals surface area (Å²) in [5.74, 6) is 0.450. The number of nitrogens with one attached hydrogen (secondary N) is 2. The molecule has 0 unspecified atom stereocenters. The van der Waals surface area contributed by atoms with E-state index in [4.69, 9.17) is 5.73 Å². The van der Waals surface area contributed by atoms with E-state index in [1.807, 2.05) is 6.08 Å². The van der Waals surface area contributed by atoms with Gasteiger partial charge in [-0.25, -0.2) is 4.99 Å². The maximum atomic E-state index is 12.0. The van der Waals surface area contributed by atoms with E-state index in [-0.39, 0.29) is 5.56 Å². The molecule has 0 spiro atoms. The highest BCUT2D eigenvalue weighted by Gasteiger charge is 2.13. The molecule has 21 heavy (non-hydrogen) atoms. The molecule has 1 aromatic heterocycles. The van der Waals surface area contributed by atoms with E-state index < -0.39 is 0 Å². The van der Waals surface area contributed by atoms with Crippen LogP contribution in [0.5, 0.6) is 0 Å². The summed E-state index contributed by atoms with van der Waals surface area (Å²) in [4.78, 5) is 17.3. The van der Waals surface area contributed by atoms with E-state index in [0.29, 0.717) is 11.5 Å². The first kappa shape index (κ1) is 15.8. The second-order valence-electron chi connectivity index (χ2n) is 5.03. The summed E-state index contributed by atoms with van der Waals surface area (Å²) in [6.07, 6.45) is 3.56. The highest BCUT2D eigenvalue weighted by atomic mass is 79.9. The van der Waals surface area contributed by atoms with Crippen molar-refractivity contribution in [3.05, 3.63) is 38.9 Å². The van der Waals surface area contributed by atoms with Crippen LogP contribution in [0.15, 0.2) is 33.3 Å². The third kappa shape index (κ3) is 4.18. The fraction of sp³-hybridized carbons (Fsp3) is 0.429. The molecule has 0 radical (unpaired) electrons. The van der Waals surface area contributed by atoms with Gasteiger partial charge in [-0.15, -0.1) is 0 Å². The minimum Gasteiger partial charge on any atom is -0.386 e. The molecule has 0 aliphatic carbocycles. The Morgan fingerprint density at radius 1 is 1.62 bits per heavy atom. The minimum atomic E-state index is -0.119. The number of aryl methyl sites for hydroxylation is 1. The molecule has 1 aromatic rings. The van der Waals surface area contributed by atoms with Crippen molar-refractivity contribution in [3.63, 3.8) is 0 Å². The smallest absolute Gasteiger partial charge is 0.297 e. The number of piperazine rings is 1. The lowest BCUT2D eigenvalue weighted by atomic mass is 10.2. The Hall–Kier alpha value is -1.60. The summed E-state index contributed by atoms with van der Waals surface area (Å²) in [5.41, 5.74) is 7.38. The lowest BCUT2D eigenvalue weighted by Gasteiger charge is -2.28. The van der Waals surface area contributed by atoms with E-state index in [1.54, 1.807) is 19.3 Å². The molecular weight excluding hydrogens is 334 g/mol. The van der Waals surface area contributed by atoms with Crippen LogP contribution in [0.1, 0.15) is 6.92 Å². The number of nitrogens with two attached hydrogens (primary N) is 1. The van der Waals surface area contributed by atoms with Crippen LogP contribution < -0.4 is 21.6 Å². The Labute approximate surface area is 132 Å². The first-order valence-corrected chi connectivity index (χ1v) is 7.71. The normalized spacial score (nSPS) is 18.8. The van der Waals surface area contributed by atoms with Crippen molar-refractivity contribution in [3.8, 4) is 0 Å². The molecule has 1 fully saturated rings. The number of halogens is 1. The number of hydrogen-bond donors (Lipinski definition) is 3. The molecule has 7 heteroatoms. The van der Waals surface area contributed by atoms with Crippen molar-refractivity contribution in [1.29, 1.82) is 0 Å². The van der Waals surface area contributed by atoms with Crippen LogP contribution in [0.25, 0.3) is 0 Å². The summed E-state index contributed by atoms with van der Waals surface area (Å²) in [6, 6.07) is 1.72. The van der Waals surface area contributed by atoms with E-state index >= 15 is 0 Å². The lowest BCUT2D eigenvalue weighted by molar-refractivity contribution is -0.355. The van der Waals surface area contributed by atoms with Crippen molar-refractivity contribution < 1.29 is 4.99 Å². The molecule has 6 nitrogen and oxygen atoms in total. The highest BCUT2D eigenvalue weighted by molar-refractivity contribution is 9.10. The summed E-state index contributed by atoms with van der Waals surface area (Å²) >= 11 is 3.37. The molecule has 0 saturated carbocycles. The topological polar surface area (TPSA) is 77.3 Å². The van der Waals surface area contributed by atoms with Crippen LogP contribution in [0.4, 0.5) is 5.69 Å². The fourth-order valence-corrected chi connectivity index (χ4v) is 2.79. The van der Waals surface area contributed by atoms with Crippen LogP contribution in [-0.4, -0.2) is 41.5 Å². The molecule has 114 valence electrons. The van der Waals surface area contributed by atoms with Gasteiger partial charge in [0.2, 0.25) is 0 Å². The second kappa shape index (κ2) is 6.91. The summed E-state index contributed by atoms with van der Waals surface area (Å²) in [7, 11) is 1.70. The van der Waals surface area contributed by atoms with Crippen LogP contribution in [0.3, 0.4) is 0 Å². The average molecular weight is 355 g/mol. The monoisotopic (exact) mass is 354 g/mol. The van der Waals surface area contributed by atoms with Gasteiger partial charge in [-0.05, 0) is 22.5 Å². The van der Waals surface area contributed by atoms with Gasteiger partial charge < -0.3 is 9.88 Å². The van der Waals surface area contributed by atoms with Crippen molar-refractivity contribution in [2.24, 2.45) is 12.8 Å². The average Bonchev–Trinajstić information content (AvgIpc) is 2.44. The molecule has 0 atom stereocenters. The van der Waals surface area contributed by atoms with E-state index in [9.17, 15) is 4.79 Å². The first-order valence-electron chi connectivity index (χ1n) is 6.92. The Morgan fingerprint density at radius 2 is 2.38 bits per heavy atom. The Kier molecular flexibility index (Phi) is 5.19. The van der Waals surface area contributed by atoms with Gasteiger partial charge in [0.05, 0.1) is 0 Å². The van der Waals surface area contributed by atoms with E-state index in [2.05, 4.69) is 38.1 Å². The molecule has 4 N–H and O–H groups in total. The standard InChI is InChI=1S/C14H20BrN5O/c1-3-20-5-4-17-11(9-20)7-13(16)18-12-6-10(15)8-19(2)14(12)21/h6-8,17H,3-5,9H2,1-2H3,(H2,16,18)/p+1/b11-7-. The molecule has 0 bridgehead atoms. The summed E-state index contributed by atoms with van der Waals surface area (Å²) < 4.78 is 2.32. The van der Waals surface area contributed by atoms with Gasteiger partial charge in [-0.1, -0.05) is 6.92 Å². The maximum Gasteiger partial charge on any atom is 0.297 e. The quantitative estimate of drug-likeness (QED) is 0.482. The van der Waals surface area contributed by atoms with Crippen LogP contribution in [0.2, 0.25) is 0 Å². The zero-order valence-corrected chi connectivity index (χ0v) is 13.9. The number of hydrogen-bond acceptors (Lipinski definition) is 3. The van der Waals surface area contributed by atoms with Crippen LogP contribution in [0, 0.1) is 0 Å². The number of pyridine rings is 1. The number of rotatable bonds is 3. The van der Waals surface area contributed by atoms with E-state index in [1.165, 1.54) is 4.57 Å². The summed E-state index contributed by atoms with van der Waals surface area (Å²) in [6.45, 7) is 5.94. The zero-order valence-electron chi connectivity index (χ0n) is 12.3. The number of likely N-dealkylation sites (N-methyl/N-ethyl adjacent to an activating group) is 1. The molecular formula is C14H21BrN5O+. The SMILES string of the molecule is CCN1CCN/C(=C\C(N)=[NH+]c2cc(Br)cn(C)c2=O)C1. The van der Waals surface area contributed by atoms with Gasteiger partial charge in [0.1, 0.15) is 0 Å². The van der Waals surface area contributed by atoms with Gasteiger partial charge in [-0.2, -0.15) is 0 Å². The molecule has 0 aromatic carbocycles. The zero-order chi connectivity index (χ0) is 15.4. The van der Waals surface area contributed by atoms with E-state index in [0.717, 1.165) is 36.3 Å². The van der Waals surface area contributed by atoms with Crippen molar-refractivity contribution in [2.45, 2.75) is 6.92 Å². The summed E-state index contributed by atoms with van der Waals surface area (Å²) in [5, 5.41) is 3.32. The Morgan fingerprint density at radius 3 is 3.10 bits per heavy atom. The number of amidine groups is 1. The number of nitrogens with zero attached hydrogens (tertiary/aromatic N) is 2. The maximum absolute atomic E-state index is 12.0. The Balaban J connectivity index is 2.23. The predicted octanol–water partition coefficient (Wildman–Crippen LogP) is -0.974. The predicted molar refractivity (Wildman–Crippen MR) is 87.4 cm³/mol. The van der Waals surface area contributed by atoms with Gasteiger partial charge in [-0.3, -0.25) is 15.4 Å². The Bertz CT molecular complexity index is 635. The van der Waals surface area contributed by atoms with Crippen LogP contribution in [-0.2, 0) is 7.05 Å².